The van der Waals surface area contributed by atoms with Crippen LogP contribution in [0.25, 0.3) is 0 Å². The summed E-state index contributed by atoms with van der Waals surface area (Å²) in [5.41, 5.74) is 0.435. The summed E-state index contributed by atoms with van der Waals surface area (Å²) in [6.45, 7) is 6.67. The van der Waals surface area contributed by atoms with Gasteiger partial charge in [0.2, 0.25) is 0 Å². The maximum absolute atomic E-state index is 12.8. The van der Waals surface area contributed by atoms with Crippen molar-refractivity contribution in [1.29, 1.82) is 0 Å². The minimum absolute atomic E-state index is 0.238. The van der Waals surface area contributed by atoms with E-state index in [2.05, 4.69) is 16.9 Å². The van der Waals surface area contributed by atoms with Gasteiger partial charge in [-0.3, -0.25) is 9.69 Å². The molecule has 8 heteroatoms. The van der Waals surface area contributed by atoms with Gasteiger partial charge in [0.1, 0.15) is 11.9 Å². The summed E-state index contributed by atoms with van der Waals surface area (Å²) < 4.78 is 38.3. The number of carbonyl (C=O) groups is 1. The number of carbonyl (C=O) groups excluding carboxylic acids is 1. The Morgan fingerprint density at radius 2 is 2.04 bits per heavy atom. The van der Waals surface area contributed by atoms with Gasteiger partial charge in [0.25, 0.3) is 5.91 Å². The summed E-state index contributed by atoms with van der Waals surface area (Å²) >= 11 is 0. The van der Waals surface area contributed by atoms with Crippen molar-refractivity contribution in [3.05, 3.63) is 36.5 Å². The van der Waals surface area contributed by atoms with E-state index in [1.165, 1.54) is 18.0 Å². The van der Waals surface area contributed by atoms with Crippen LogP contribution in [0.15, 0.2) is 31.0 Å². The molecule has 132 valence electrons. The first kappa shape index (κ1) is 18.3. The largest absolute Gasteiger partial charge is 0.403 e. The molecule has 5 nitrogen and oxygen atoms in total. The lowest BCUT2D eigenvalue weighted by Gasteiger charge is -2.39. The molecule has 0 aliphatic carbocycles. The lowest BCUT2D eigenvalue weighted by atomic mass is 10.2. The Morgan fingerprint density at radius 3 is 2.54 bits per heavy atom. The standard InChI is InChI=1S/C16H21F3N4O/c1-3-6-20-15(24)13-4-5-14(21-11-13)23-9-7-22(8-10-23)12(2)16(17,18)19/h3-5,11-12H,1,6-10H2,2H3,(H,20,24). The van der Waals surface area contributed by atoms with Crippen LogP contribution in [0.1, 0.15) is 17.3 Å². The molecule has 1 aromatic rings. The van der Waals surface area contributed by atoms with Crippen molar-refractivity contribution >= 4 is 11.7 Å². The number of hydrogen-bond donors (Lipinski definition) is 1. The van der Waals surface area contributed by atoms with Crippen LogP contribution >= 0.6 is 0 Å². The second-order valence-electron chi connectivity index (χ2n) is 5.64. The second-order valence-corrected chi connectivity index (χ2v) is 5.64. The number of anilines is 1. The minimum Gasteiger partial charge on any atom is -0.354 e. The Balaban J connectivity index is 1.92. The van der Waals surface area contributed by atoms with Crippen LogP contribution in [0, 0.1) is 0 Å². The van der Waals surface area contributed by atoms with E-state index in [-0.39, 0.29) is 5.91 Å². The Kier molecular flexibility index (Phi) is 5.82. The van der Waals surface area contributed by atoms with Gasteiger partial charge in [0.15, 0.2) is 0 Å². The van der Waals surface area contributed by atoms with Gasteiger partial charge in [-0.25, -0.2) is 4.98 Å². The number of alkyl halides is 3. The van der Waals surface area contributed by atoms with Crippen LogP contribution in [0.2, 0.25) is 0 Å². The summed E-state index contributed by atoms with van der Waals surface area (Å²) in [6.07, 6.45) is -1.15. The molecule has 1 fully saturated rings. The molecule has 1 aliphatic heterocycles. The number of rotatable bonds is 5. The molecule has 0 bridgehead atoms. The molecule has 0 spiro atoms. The lowest BCUT2D eigenvalue weighted by molar-refractivity contribution is -0.179. The second kappa shape index (κ2) is 7.65. The third-order valence-corrected chi connectivity index (χ3v) is 4.08. The molecule has 0 saturated carbocycles. The zero-order chi connectivity index (χ0) is 17.7. The van der Waals surface area contributed by atoms with E-state index in [0.717, 1.165) is 0 Å². The Labute approximate surface area is 139 Å². The van der Waals surface area contributed by atoms with Crippen LogP contribution in [0.4, 0.5) is 19.0 Å². The molecule has 2 rings (SSSR count). The number of nitrogens with zero attached hydrogens (tertiary/aromatic N) is 3. The first-order valence-corrected chi connectivity index (χ1v) is 7.74. The first-order valence-electron chi connectivity index (χ1n) is 7.74. The maximum Gasteiger partial charge on any atom is 0.403 e. The molecular formula is C16H21F3N4O. The van der Waals surface area contributed by atoms with E-state index in [0.29, 0.717) is 44.1 Å². The Bertz CT molecular complexity index is 566. The highest BCUT2D eigenvalue weighted by Gasteiger charge is 2.40. The summed E-state index contributed by atoms with van der Waals surface area (Å²) in [5, 5.41) is 2.66. The Hall–Kier alpha value is -2.09. The number of amides is 1. The SMILES string of the molecule is C=CCNC(=O)c1ccc(N2CCN(C(C)C(F)(F)F)CC2)nc1. The third-order valence-electron chi connectivity index (χ3n) is 4.08. The van der Waals surface area contributed by atoms with Gasteiger partial charge in [-0.15, -0.1) is 6.58 Å². The van der Waals surface area contributed by atoms with Crippen molar-refractivity contribution < 1.29 is 18.0 Å². The van der Waals surface area contributed by atoms with E-state index in [1.54, 1.807) is 18.2 Å². The van der Waals surface area contributed by atoms with Gasteiger partial charge in [0.05, 0.1) is 5.56 Å². The van der Waals surface area contributed by atoms with Crippen molar-refractivity contribution in [2.45, 2.75) is 19.1 Å². The lowest BCUT2D eigenvalue weighted by Crippen LogP contribution is -2.53. The van der Waals surface area contributed by atoms with Crippen molar-refractivity contribution in [2.24, 2.45) is 0 Å². The highest BCUT2D eigenvalue weighted by Crippen LogP contribution is 2.26. The number of pyridine rings is 1. The van der Waals surface area contributed by atoms with Gasteiger partial charge in [-0.05, 0) is 19.1 Å². The average molecular weight is 342 g/mol. The molecule has 24 heavy (non-hydrogen) atoms. The predicted octanol–water partition coefficient (Wildman–Crippen LogP) is 2.07. The number of piperazine rings is 1. The van der Waals surface area contributed by atoms with Crippen molar-refractivity contribution in [3.8, 4) is 0 Å². The molecule has 1 aromatic heterocycles. The maximum atomic E-state index is 12.8. The van der Waals surface area contributed by atoms with E-state index in [9.17, 15) is 18.0 Å². The predicted molar refractivity (Wildman–Crippen MR) is 86.1 cm³/mol. The van der Waals surface area contributed by atoms with Gasteiger partial charge >= 0.3 is 6.18 Å². The fourth-order valence-electron chi connectivity index (χ4n) is 2.52. The fourth-order valence-corrected chi connectivity index (χ4v) is 2.52. The van der Waals surface area contributed by atoms with Gasteiger partial charge in [0, 0.05) is 38.9 Å². The monoisotopic (exact) mass is 342 g/mol. The van der Waals surface area contributed by atoms with Gasteiger partial charge in [-0.1, -0.05) is 6.08 Å². The molecular weight excluding hydrogens is 321 g/mol. The topological polar surface area (TPSA) is 48.5 Å². The quantitative estimate of drug-likeness (QED) is 0.833. The molecule has 1 unspecified atom stereocenters. The number of hydrogen-bond acceptors (Lipinski definition) is 4. The summed E-state index contributed by atoms with van der Waals surface area (Å²) in [7, 11) is 0. The van der Waals surface area contributed by atoms with Crippen LogP contribution in [0.5, 0.6) is 0 Å². The zero-order valence-electron chi connectivity index (χ0n) is 13.5. The highest BCUT2D eigenvalue weighted by molar-refractivity contribution is 5.94. The summed E-state index contributed by atoms with van der Waals surface area (Å²) in [6, 6.07) is 1.93. The van der Waals surface area contributed by atoms with E-state index < -0.39 is 12.2 Å². The van der Waals surface area contributed by atoms with Crippen LogP contribution in [0.3, 0.4) is 0 Å². The highest BCUT2D eigenvalue weighted by atomic mass is 19.4. The van der Waals surface area contributed by atoms with E-state index in [1.807, 2.05) is 4.90 Å². The van der Waals surface area contributed by atoms with Gasteiger partial charge in [-0.2, -0.15) is 13.2 Å². The molecule has 1 amide bonds. The molecule has 0 radical (unpaired) electrons. The van der Waals surface area contributed by atoms with Gasteiger partial charge < -0.3 is 10.2 Å². The molecule has 2 heterocycles. The van der Waals surface area contributed by atoms with Crippen LogP contribution in [-0.2, 0) is 0 Å². The van der Waals surface area contributed by atoms with Crippen molar-refractivity contribution in [2.75, 3.05) is 37.6 Å². The van der Waals surface area contributed by atoms with E-state index >= 15 is 0 Å². The minimum atomic E-state index is -4.21. The smallest absolute Gasteiger partial charge is 0.354 e. The Morgan fingerprint density at radius 1 is 1.38 bits per heavy atom. The number of nitrogens with one attached hydrogen (secondary N) is 1. The fraction of sp³-hybridized carbons (Fsp3) is 0.500. The normalized spacial score (nSPS) is 17.4. The molecule has 1 atom stereocenters. The molecule has 1 N–H and O–H groups in total. The summed E-state index contributed by atoms with van der Waals surface area (Å²) in [5.74, 6) is 0.423. The number of halogens is 3. The molecule has 1 aliphatic rings. The first-order chi connectivity index (χ1) is 11.3. The zero-order valence-corrected chi connectivity index (χ0v) is 13.5. The number of aromatic nitrogens is 1. The summed E-state index contributed by atoms with van der Waals surface area (Å²) in [4.78, 5) is 19.4. The molecule has 0 aromatic carbocycles. The van der Waals surface area contributed by atoms with Crippen molar-refractivity contribution in [1.82, 2.24) is 15.2 Å². The average Bonchev–Trinajstić information content (AvgIpc) is 2.58. The molecule has 1 saturated heterocycles. The van der Waals surface area contributed by atoms with Crippen molar-refractivity contribution in [3.63, 3.8) is 0 Å². The van der Waals surface area contributed by atoms with Crippen LogP contribution in [-0.4, -0.2) is 60.7 Å². The van der Waals surface area contributed by atoms with E-state index in [4.69, 9.17) is 0 Å². The van der Waals surface area contributed by atoms with Crippen LogP contribution < -0.4 is 10.2 Å². The third kappa shape index (κ3) is 4.47.